The fourth-order valence-corrected chi connectivity index (χ4v) is 1.88. The lowest BCUT2D eigenvalue weighted by Gasteiger charge is -2.22. The highest BCUT2D eigenvalue weighted by atomic mass is 15.0. The van der Waals surface area contributed by atoms with Crippen LogP contribution in [-0.4, -0.2) is 29.6 Å². The van der Waals surface area contributed by atoms with Gasteiger partial charge in [-0.05, 0) is 31.8 Å². The van der Waals surface area contributed by atoms with Crippen LogP contribution in [0.1, 0.15) is 18.5 Å². The van der Waals surface area contributed by atoms with E-state index >= 15 is 0 Å². The molecule has 0 saturated carbocycles. The zero-order chi connectivity index (χ0) is 11.2. The number of aromatic nitrogens is 2. The lowest BCUT2D eigenvalue weighted by Crippen LogP contribution is -2.31. The number of nitrogens with one attached hydrogen (secondary N) is 2. The van der Waals surface area contributed by atoms with E-state index in [1.165, 1.54) is 19.0 Å². The van der Waals surface area contributed by atoms with Crippen molar-refractivity contribution in [3.63, 3.8) is 0 Å². The van der Waals surface area contributed by atoms with Crippen LogP contribution >= 0.6 is 0 Å². The van der Waals surface area contributed by atoms with E-state index in [0.717, 1.165) is 19.6 Å². The summed E-state index contributed by atoms with van der Waals surface area (Å²) >= 11 is 0. The first-order valence-corrected chi connectivity index (χ1v) is 5.56. The second kappa shape index (κ2) is 5.42. The Labute approximate surface area is 94.9 Å². The van der Waals surface area contributed by atoms with Crippen LogP contribution in [0.25, 0.3) is 0 Å². The van der Waals surface area contributed by atoms with Crippen LogP contribution < -0.4 is 10.6 Å². The van der Waals surface area contributed by atoms with Gasteiger partial charge in [0.1, 0.15) is 6.07 Å². The molecule has 0 aliphatic carbocycles. The summed E-state index contributed by atoms with van der Waals surface area (Å²) in [5, 5.41) is 15.4. The number of hydrogen-bond donors (Lipinski definition) is 2. The lowest BCUT2D eigenvalue weighted by molar-refractivity contribution is 0.389. The fourth-order valence-electron chi connectivity index (χ4n) is 1.88. The molecule has 1 aliphatic heterocycles. The third-order valence-corrected chi connectivity index (χ3v) is 2.82. The van der Waals surface area contributed by atoms with E-state index in [1.54, 1.807) is 6.20 Å². The third kappa shape index (κ3) is 2.67. The molecule has 2 rings (SSSR count). The van der Waals surface area contributed by atoms with E-state index in [2.05, 4.69) is 20.6 Å². The molecule has 5 heteroatoms. The average Bonchev–Trinajstić information content (AvgIpc) is 2.38. The molecule has 0 amide bonds. The van der Waals surface area contributed by atoms with E-state index < -0.39 is 0 Å². The first-order chi connectivity index (χ1) is 7.90. The summed E-state index contributed by atoms with van der Waals surface area (Å²) in [5.74, 6) is 1.26. The van der Waals surface area contributed by atoms with Gasteiger partial charge in [0, 0.05) is 18.9 Å². The molecule has 0 radical (unpaired) electrons. The van der Waals surface area contributed by atoms with Crippen LogP contribution in [0.4, 0.5) is 5.82 Å². The summed E-state index contributed by atoms with van der Waals surface area (Å²) in [6, 6.07) is 2.03. The van der Waals surface area contributed by atoms with Crippen LogP contribution in [-0.2, 0) is 0 Å². The average molecular weight is 217 g/mol. The van der Waals surface area contributed by atoms with E-state index in [4.69, 9.17) is 5.26 Å². The maximum absolute atomic E-state index is 8.85. The van der Waals surface area contributed by atoms with Crippen molar-refractivity contribution in [2.75, 3.05) is 25.0 Å². The molecule has 1 saturated heterocycles. The molecule has 0 spiro atoms. The smallest absolute Gasteiger partial charge is 0.182 e. The minimum absolute atomic E-state index is 0.372. The molecule has 1 aromatic heterocycles. The molecule has 1 aliphatic rings. The first kappa shape index (κ1) is 10.8. The maximum Gasteiger partial charge on any atom is 0.182 e. The predicted octanol–water partition coefficient (Wildman–Crippen LogP) is 0.760. The van der Waals surface area contributed by atoms with Crippen molar-refractivity contribution in [1.82, 2.24) is 15.3 Å². The van der Waals surface area contributed by atoms with Crippen LogP contribution in [0, 0.1) is 17.2 Å². The summed E-state index contributed by atoms with van der Waals surface area (Å²) in [5.41, 5.74) is 0.372. The molecule has 16 heavy (non-hydrogen) atoms. The molecule has 84 valence electrons. The summed E-state index contributed by atoms with van der Waals surface area (Å²) in [7, 11) is 0. The topological polar surface area (TPSA) is 73.6 Å². The Balaban J connectivity index is 1.91. The molecule has 5 nitrogen and oxygen atoms in total. The number of rotatable bonds is 3. The zero-order valence-corrected chi connectivity index (χ0v) is 9.11. The summed E-state index contributed by atoms with van der Waals surface area (Å²) in [6.45, 7) is 3.03. The Hall–Kier alpha value is -1.67. The lowest BCUT2D eigenvalue weighted by atomic mass is 9.98. The van der Waals surface area contributed by atoms with Gasteiger partial charge in [0.2, 0.25) is 0 Å². The molecule has 1 fully saturated rings. The molecule has 0 aromatic carbocycles. The Kier molecular flexibility index (Phi) is 3.67. The summed E-state index contributed by atoms with van der Waals surface area (Å²) in [4.78, 5) is 8.08. The van der Waals surface area contributed by atoms with Gasteiger partial charge in [-0.2, -0.15) is 5.26 Å². The largest absolute Gasteiger partial charge is 0.367 e. The molecular weight excluding hydrogens is 202 g/mol. The Bertz CT molecular complexity index is 378. The number of anilines is 1. The minimum atomic E-state index is 0.372. The second-order valence-corrected chi connectivity index (χ2v) is 3.94. The van der Waals surface area contributed by atoms with E-state index in [-0.39, 0.29) is 0 Å². The number of hydrogen-bond acceptors (Lipinski definition) is 5. The van der Waals surface area contributed by atoms with Crippen molar-refractivity contribution in [2.45, 2.75) is 12.8 Å². The molecule has 2 N–H and O–H groups in total. The van der Waals surface area contributed by atoms with Crippen LogP contribution in [0.15, 0.2) is 12.4 Å². The highest BCUT2D eigenvalue weighted by molar-refractivity contribution is 5.46. The van der Waals surface area contributed by atoms with Crippen molar-refractivity contribution in [3.8, 4) is 6.07 Å². The van der Waals surface area contributed by atoms with Gasteiger partial charge in [0.25, 0.3) is 0 Å². The van der Waals surface area contributed by atoms with E-state index in [9.17, 15) is 0 Å². The van der Waals surface area contributed by atoms with E-state index in [0.29, 0.717) is 17.4 Å². The number of nitriles is 1. The number of piperidine rings is 1. The quantitative estimate of drug-likeness (QED) is 0.782. The standard InChI is InChI=1S/C11H15N5/c12-7-10-11(15-6-5-14-10)16-8-9-1-3-13-4-2-9/h5-6,9,13H,1-4,8H2,(H,15,16). The summed E-state index contributed by atoms with van der Waals surface area (Å²) in [6.07, 6.45) is 5.49. The fraction of sp³-hybridized carbons (Fsp3) is 0.545. The second-order valence-electron chi connectivity index (χ2n) is 3.94. The number of nitrogens with zero attached hydrogens (tertiary/aromatic N) is 3. The van der Waals surface area contributed by atoms with Crippen molar-refractivity contribution in [2.24, 2.45) is 5.92 Å². The SMILES string of the molecule is N#Cc1nccnc1NCC1CCNCC1. The van der Waals surface area contributed by atoms with Crippen LogP contribution in [0.2, 0.25) is 0 Å². The highest BCUT2D eigenvalue weighted by Crippen LogP contribution is 2.13. The van der Waals surface area contributed by atoms with E-state index in [1.807, 2.05) is 6.07 Å². The Morgan fingerprint density at radius 1 is 1.38 bits per heavy atom. The van der Waals surface area contributed by atoms with Gasteiger partial charge >= 0.3 is 0 Å². The van der Waals surface area contributed by atoms with Crippen molar-refractivity contribution >= 4 is 5.82 Å². The van der Waals surface area contributed by atoms with Gasteiger partial charge in [0.05, 0.1) is 0 Å². The first-order valence-electron chi connectivity index (χ1n) is 5.56. The molecule has 0 bridgehead atoms. The predicted molar refractivity (Wildman–Crippen MR) is 60.8 cm³/mol. The van der Waals surface area contributed by atoms with Gasteiger partial charge in [-0.1, -0.05) is 0 Å². The van der Waals surface area contributed by atoms with Crippen molar-refractivity contribution < 1.29 is 0 Å². The van der Waals surface area contributed by atoms with Gasteiger partial charge in [-0.25, -0.2) is 9.97 Å². The van der Waals surface area contributed by atoms with Crippen molar-refractivity contribution in [1.29, 1.82) is 5.26 Å². The maximum atomic E-state index is 8.85. The molecule has 0 unspecified atom stereocenters. The summed E-state index contributed by atoms with van der Waals surface area (Å²) < 4.78 is 0. The molecule has 1 aromatic rings. The zero-order valence-electron chi connectivity index (χ0n) is 9.11. The van der Waals surface area contributed by atoms with Crippen LogP contribution in [0.3, 0.4) is 0 Å². The third-order valence-electron chi connectivity index (χ3n) is 2.82. The van der Waals surface area contributed by atoms with Gasteiger partial charge < -0.3 is 10.6 Å². The van der Waals surface area contributed by atoms with Gasteiger partial charge in [-0.15, -0.1) is 0 Å². The Morgan fingerprint density at radius 3 is 2.88 bits per heavy atom. The minimum Gasteiger partial charge on any atom is -0.367 e. The normalized spacial score (nSPS) is 16.7. The van der Waals surface area contributed by atoms with Gasteiger partial charge in [-0.3, -0.25) is 0 Å². The molecule has 0 atom stereocenters. The molecule has 2 heterocycles. The molecular formula is C11H15N5. The highest BCUT2D eigenvalue weighted by Gasteiger charge is 2.13. The van der Waals surface area contributed by atoms with Crippen molar-refractivity contribution in [3.05, 3.63) is 18.1 Å². The Morgan fingerprint density at radius 2 is 2.12 bits per heavy atom. The van der Waals surface area contributed by atoms with Crippen LogP contribution in [0.5, 0.6) is 0 Å². The van der Waals surface area contributed by atoms with Gasteiger partial charge in [0.15, 0.2) is 11.5 Å². The monoisotopic (exact) mass is 217 g/mol.